The smallest absolute Gasteiger partial charge is 0.303 e. The topological polar surface area (TPSA) is 50.4 Å². The second-order valence-electron chi connectivity index (χ2n) is 3.38. The first-order chi connectivity index (χ1) is 7.59. The van der Waals surface area contributed by atoms with Crippen molar-refractivity contribution in [3.05, 3.63) is 35.6 Å². The van der Waals surface area contributed by atoms with Gasteiger partial charge in [-0.1, -0.05) is 0 Å². The molecule has 2 aromatic rings. The summed E-state index contributed by atoms with van der Waals surface area (Å²) < 4.78 is 31.6. The molecule has 0 aliphatic carbocycles. The lowest BCUT2D eigenvalue weighted by molar-refractivity contribution is -0.136. The highest BCUT2D eigenvalue weighted by Gasteiger charge is 2.15. The van der Waals surface area contributed by atoms with Crippen LogP contribution in [0.15, 0.2) is 22.8 Å². The molecule has 3 nitrogen and oxygen atoms in total. The van der Waals surface area contributed by atoms with Gasteiger partial charge in [0.25, 0.3) is 0 Å². The van der Waals surface area contributed by atoms with E-state index in [2.05, 4.69) is 0 Å². The van der Waals surface area contributed by atoms with Crippen LogP contribution < -0.4 is 0 Å². The van der Waals surface area contributed by atoms with Crippen LogP contribution in [0.5, 0.6) is 0 Å². The Morgan fingerprint density at radius 2 is 2.12 bits per heavy atom. The minimum absolute atomic E-state index is 0.0224. The lowest BCUT2D eigenvalue weighted by Gasteiger charge is -2.03. The molecule has 0 spiro atoms. The molecular weight excluding hydrogens is 218 g/mol. The summed E-state index contributed by atoms with van der Waals surface area (Å²) in [6.45, 7) is 0. The van der Waals surface area contributed by atoms with Gasteiger partial charge in [-0.15, -0.1) is 0 Å². The van der Waals surface area contributed by atoms with Crippen molar-refractivity contribution in [1.82, 2.24) is 0 Å². The van der Waals surface area contributed by atoms with Crippen molar-refractivity contribution in [1.29, 1.82) is 0 Å². The molecule has 16 heavy (non-hydrogen) atoms. The van der Waals surface area contributed by atoms with Crippen molar-refractivity contribution in [3.8, 4) is 0 Å². The van der Waals surface area contributed by atoms with Crippen LogP contribution in [0.2, 0.25) is 0 Å². The highest BCUT2D eigenvalue weighted by atomic mass is 19.1. The molecule has 0 fully saturated rings. The molecule has 0 amide bonds. The van der Waals surface area contributed by atoms with Crippen molar-refractivity contribution in [2.45, 2.75) is 12.8 Å². The van der Waals surface area contributed by atoms with Gasteiger partial charge >= 0.3 is 5.97 Å². The quantitative estimate of drug-likeness (QED) is 0.875. The SMILES string of the molecule is O=C(O)CCc1c(F)cc(F)c2ccoc12. The molecule has 0 saturated carbocycles. The minimum Gasteiger partial charge on any atom is -0.481 e. The summed E-state index contributed by atoms with van der Waals surface area (Å²) in [5, 5.41) is 8.68. The fourth-order valence-corrected chi connectivity index (χ4v) is 1.58. The van der Waals surface area contributed by atoms with Crippen molar-refractivity contribution >= 4 is 16.9 Å². The number of hydrogen-bond acceptors (Lipinski definition) is 2. The largest absolute Gasteiger partial charge is 0.481 e. The van der Waals surface area contributed by atoms with E-state index < -0.39 is 17.6 Å². The molecular formula is C11H8F2O3. The first-order valence-electron chi connectivity index (χ1n) is 4.65. The molecule has 84 valence electrons. The Morgan fingerprint density at radius 3 is 2.81 bits per heavy atom. The summed E-state index contributed by atoms with van der Waals surface area (Å²) in [6, 6.07) is 2.13. The van der Waals surface area contributed by atoms with Crippen molar-refractivity contribution in [2.24, 2.45) is 0 Å². The van der Waals surface area contributed by atoms with Gasteiger partial charge in [0, 0.05) is 18.1 Å². The van der Waals surface area contributed by atoms with Gasteiger partial charge in [0.2, 0.25) is 0 Å². The molecule has 0 aliphatic heterocycles. The number of aliphatic carboxylic acids is 1. The second-order valence-corrected chi connectivity index (χ2v) is 3.38. The average molecular weight is 226 g/mol. The number of carboxylic acid groups (broad SMARTS) is 1. The number of fused-ring (bicyclic) bond motifs is 1. The summed E-state index contributed by atoms with van der Waals surface area (Å²) in [6.07, 6.45) is 1.00. The number of carbonyl (C=O) groups is 1. The number of benzene rings is 1. The third kappa shape index (κ3) is 1.76. The van der Waals surface area contributed by atoms with Gasteiger partial charge < -0.3 is 9.52 Å². The van der Waals surface area contributed by atoms with Gasteiger partial charge in [-0.3, -0.25) is 4.79 Å². The van der Waals surface area contributed by atoms with Gasteiger partial charge in [-0.2, -0.15) is 0 Å². The molecule has 2 rings (SSSR count). The minimum atomic E-state index is -1.04. The fraction of sp³-hybridized carbons (Fsp3) is 0.182. The zero-order valence-corrected chi connectivity index (χ0v) is 8.17. The van der Waals surface area contributed by atoms with Gasteiger partial charge in [0.15, 0.2) is 0 Å². The first kappa shape index (κ1) is 10.6. The molecule has 0 radical (unpaired) electrons. The highest BCUT2D eigenvalue weighted by molar-refractivity contribution is 5.81. The number of carboxylic acids is 1. The predicted octanol–water partition coefficient (Wildman–Crippen LogP) is 2.73. The van der Waals surface area contributed by atoms with Gasteiger partial charge in [0.05, 0.1) is 11.6 Å². The maximum Gasteiger partial charge on any atom is 0.303 e. The Balaban J connectivity index is 2.50. The summed E-state index contributed by atoms with van der Waals surface area (Å²) in [4.78, 5) is 10.4. The summed E-state index contributed by atoms with van der Waals surface area (Å²) in [5.74, 6) is -2.52. The molecule has 0 unspecified atom stereocenters. The normalized spacial score (nSPS) is 10.9. The van der Waals surface area contributed by atoms with Gasteiger partial charge in [-0.25, -0.2) is 8.78 Å². The second kappa shape index (κ2) is 3.92. The van der Waals surface area contributed by atoms with Crippen LogP contribution in [0.4, 0.5) is 8.78 Å². The van der Waals surface area contributed by atoms with Crippen LogP contribution in [-0.2, 0) is 11.2 Å². The molecule has 0 bridgehead atoms. The van der Waals surface area contributed by atoms with Crippen LogP contribution >= 0.6 is 0 Å². The number of rotatable bonds is 3. The molecule has 1 aromatic carbocycles. The van der Waals surface area contributed by atoms with E-state index in [9.17, 15) is 13.6 Å². The Morgan fingerprint density at radius 1 is 1.38 bits per heavy atom. The van der Waals surface area contributed by atoms with Crippen LogP contribution in [0.1, 0.15) is 12.0 Å². The molecule has 0 saturated heterocycles. The Bertz CT molecular complexity index is 545. The lowest BCUT2D eigenvalue weighted by atomic mass is 10.1. The molecule has 1 aromatic heterocycles. The van der Waals surface area contributed by atoms with Crippen LogP contribution in [0, 0.1) is 11.6 Å². The Labute approximate surface area is 89.3 Å². The number of aryl methyl sites for hydroxylation is 1. The Hall–Kier alpha value is -1.91. The van der Waals surface area contributed by atoms with E-state index in [0.29, 0.717) is 0 Å². The predicted molar refractivity (Wildman–Crippen MR) is 52.1 cm³/mol. The van der Waals surface area contributed by atoms with Crippen LogP contribution in [0.3, 0.4) is 0 Å². The molecule has 1 heterocycles. The van der Waals surface area contributed by atoms with Crippen molar-refractivity contribution in [2.75, 3.05) is 0 Å². The third-order valence-electron chi connectivity index (χ3n) is 2.33. The molecule has 0 atom stereocenters. The van der Waals surface area contributed by atoms with E-state index in [0.717, 1.165) is 6.07 Å². The van der Waals surface area contributed by atoms with Crippen LogP contribution in [0.25, 0.3) is 11.0 Å². The van der Waals surface area contributed by atoms with E-state index in [-0.39, 0.29) is 29.4 Å². The molecule has 0 aliphatic rings. The van der Waals surface area contributed by atoms with E-state index >= 15 is 0 Å². The summed E-state index contributed by atoms with van der Waals surface area (Å²) in [7, 11) is 0. The standard InChI is InChI=1S/C11H8F2O3/c12-8-5-9(13)7-3-4-16-11(7)6(8)1-2-10(14)15/h3-5H,1-2H2,(H,14,15). The van der Waals surface area contributed by atoms with E-state index in [1.807, 2.05) is 0 Å². The van der Waals surface area contributed by atoms with Crippen molar-refractivity contribution < 1.29 is 23.1 Å². The number of halogens is 2. The summed E-state index contributed by atoms with van der Waals surface area (Å²) in [5.41, 5.74) is 0.183. The van der Waals surface area contributed by atoms with Gasteiger partial charge in [0.1, 0.15) is 17.2 Å². The zero-order chi connectivity index (χ0) is 11.7. The van der Waals surface area contributed by atoms with E-state index in [1.165, 1.54) is 12.3 Å². The highest BCUT2D eigenvalue weighted by Crippen LogP contribution is 2.26. The maximum atomic E-state index is 13.4. The average Bonchev–Trinajstić information content (AvgIpc) is 2.65. The van der Waals surface area contributed by atoms with Crippen LogP contribution in [-0.4, -0.2) is 11.1 Å². The fourth-order valence-electron chi connectivity index (χ4n) is 1.58. The molecule has 5 heteroatoms. The zero-order valence-electron chi connectivity index (χ0n) is 8.17. The number of hydrogen-bond donors (Lipinski definition) is 1. The third-order valence-corrected chi connectivity index (χ3v) is 2.33. The number of furan rings is 1. The van der Waals surface area contributed by atoms with E-state index in [4.69, 9.17) is 9.52 Å². The van der Waals surface area contributed by atoms with Crippen molar-refractivity contribution in [3.63, 3.8) is 0 Å². The Kier molecular flexibility index (Phi) is 2.60. The summed E-state index contributed by atoms with van der Waals surface area (Å²) >= 11 is 0. The first-order valence-corrected chi connectivity index (χ1v) is 4.65. The van der Waals surface area contributed by atoms with Gasteiger partial charge in [-0.05, 0) is 12.5 Å². The molecule has 1 N–H and O–H groups in total. The maximum absolute atomic E-state index is 13.4. The van der Waals surface area contributed by atoms with E-state index in [1.54, 1.807) is 0 Å². The monoisotopic (exact) mass is 226 g/mol. The lowest BCUT2D eigenvalue weighted by Crippen LogP contribution is -2.00.